The Morgan fingerprint density at radius 3 is 2.86 bits per heavy atom. The lowest BCUT2D eigenvalue weighted by Gasteiger charge is -2.32. The molecule has 6 heteroatoms. The van der Waals surface area contributed by atoms with Crippen LogP contribution in [-0.2, 0) is 11.2 Å². The van der Waals surface area contributed by atoms with Crippen LogP contribution in [0.2, 0.25) is 0 Å². The molecule has 0 N–H and O–H groups in total. The molecule has 29 heavy (non-hydrogen) atoms. The molecule has 0 bridgehead atoms. The van der Waals surface area contributed by atoms with Crippen LogP contribution in [0.1, 0.15) is 37.2 Å². The first-order valence-electron chi connectivity index (χ1n) is 10.2. The second-order valence-electron chi connectivity index (χ2n) is 7.27. The molecule has 0 aliphatic carbocycles. The molecule has 3 heterocycles. The number of nitrogens with zero attached hydrogens (tertiary/aromatic N) is 4. The third-order valence-corrected chi connectivity index (χ3v) is 5.33. The van der Waals surface area contributed by atoms with E-state index in [0.717, 1.165) is 48.9 Å². The Morgan fingerprint density at radius 1 is 1.17 bits per heavy atom. The van der Waals surface area contributed by atoms with Crippen LogP contribution in [0.3, 0.4) is 0 Å². The van der Waals surface area contributed by atoms with Gasteiger partial charge in [0.1, 0.15) is 17.4 Å². The van der Waals surface area contributed by atoms with Crippen LogP contribution in [0.4, 0.5) is 0 Å². The highest BCUT2D eigenvalue weighted by Gasteiger charge is 2.26. The first kappa shape index (κ1) is 19.2. The lowest BCUT2D eigenvalue weighted by atomic mass is 9.94. The Hall–Kier alpha value is -3.15. The van der Waals surface area contributed by atoms with Crippen molar-refractivity contribution in [3.63, 3.8) is 0 Å². The second-order valence-corrected chi connectivity index (χ2v) is 7.27. The van der Waals surface area contributed by atoms with Gasteiger partial charge in [0.05, 0.1) is 0 Å². The van der Waals surface area contributed by atoms with Crippen molar-refractivity contribution in [1.29, 1.82) is 0 Å². The third-order valence-electron chi connectivity index (χ3n) is 5.33. The molecule has 0 spiro atoms. The van der Waals surface area contributed by atoms with Crippen molar-refractivity contribution in [3.8, 4) is 11.6 Å². The van der Waals surface area contributed by atoms with E-state index in [1.807, 2.05) is 58.1 Å². The number of carbonyl (C=O) groups is 1. The lowest BCUT2D eigenvalue weighted by Crippen LogP contribution is -2.41. The Kier molecular flexibility index (Phi) is 5.89. The molecule has 0 saturated carbocycles. The number of aryl methyl sites for hydroxylation is 1. The van der Waals surface area contributed by atoms with Crippen molar-refractivity contribution in [2.45, 2.75) is 32.1 Å². The molecule has 4 rings (SSSR count). The summed E-state index contributed by atoms with van der Waals surface area (Å²) in [4.78, 5) is 23.8. The van der Waals surface area contributed by atoms with E-state index in [1.54, 1.807) is 6.20 Å². The summed E-state index contributed by atoms with van der Waals surface area (Å²) in [6.07, 6.45) is 6.61. The fourth-order valence-electron chi connectivity index (χ4n) is 3.80. The van der Waals surface area contributed by atoms with Crippen molar-refractivity contribution in [1.82, 2.24) is 19.4 Å². The van der Waals surface area contributed by atoms with Gasteiger partial charge < -0.3 is 9.64 Å². The van der Waals surface area contributed by atoms with Crippen molar-refractivity contribution < 1.29 is 9.53 Å². The van der Waals surface area contributed by atoms with E-state index >= 15 is 0 Å². The molecule has 1 aliphatic rings. The Balaban J connectivity index is 1.43. The van der Waals surface area contributed by atoms with Gasteiger partial charge in [-0.3, -0.25) is 9.36 Å². The molecule has 2 aromatic heterocycles. The summed E-state index contributed by atoms with van der Waals surface area (Å²) in [7, 11) is 0. The molecule has 6 nitrogen and oxygen atoms in total. The maximum Gasteiger partial charge on any atom is 0.260 e. The van der Waals surface area contributed by atoms with E-state index in [1.165, 1.54) is 0 Å². The summed E-state index contributed by atoms with van der Waals surface area (Å²) >= 11 is 0. The summed E-state index contributed by atoms with van der Waals surface area (Å²) in [6.45, 7) is 3.61. The van der Waals surface area contributed by atoms with Crippen molar-refractivity contribution in [3.05, 3.63) is 72.4 Å². The van der Waals surface area contributed by atoms with Gasteiger partial charge in [-0.2, -0.15) is 0 Å². The summed E-state index contributed by atoms with van der Waals surface area (Å²) < 4.78 is 7.67. The molecule has 1 aromatic carbocycles. The Morgan fingerprint density at radius 2 is 2.03 bits per heavy atom. The van der Waals surface area contributed by atoms with Gasteiger partial charge in [-0.1, -0.05) is 31.2 Å². The smallest absolute Gasteiger partial charge is 0.260 e. The highest BCUT2D eigenvalue weighted by atomic mass is 16.5. The quantitative estimate of drug-likeness (QED) is 0.645. The van der Waals surface area contributed by atoms with Gasteiger partial charge in [-0.05, 0) is 37.1 Å². The molecule has 3 aromatic rings. The molecule has 150 valence electrons. The topological polar surface area (TPSA) is 60.2 Å². The third kappa shape index (κ3) is 4.47. The van der Waals surface area contributed by atoms with Gasteiger partial charge in [0.2, 0.25) is 0 Å². The highest BCUT2D eigenvalue weighted by Crippen LogP contribution is 2.26. The lowest BCUT2D eigenvalue weighted by molar-refractivity contribution is -0.134. The summed E-state index contributed by atoms with van der Waals surface area (Å²) in [5, 5.41) is 0. The fourth-order valence-corrected chi connectivity index (χ4v) is 3.80. The monoisotopic (exact) mass is 390 g/mol. The number of aromatic nitrogens is 3. The van der Waals surface area contributed by atoms with Crippen LogP contribution in [0, 0.1) is 0 Å². The first-order valence-corrected chi connectivity index (χ1v) is 10.2. The summed E-state index contributed by atoms with van der Waals surface area (Å²) in [5.41, 5.74) is 1.03. The zero-order chi connectivity index (χ0) is 20.1. The van der Waals surface area contributed by atoms with Crippen LogP contribution in [0.5, 0.6) is 5.75 Å². The standard InChI is InChI=1S/C23H26N4O2/c1-2-21-24-13-15-27(21)22-12-6-11-20(25-22)18-8-7-14-26(16-18)23(28)17-29-19-9-4-3-5-10-19/h3-6,9-13,15,18H,2,7-8,14,16-17H2,1H3/t18-/m0/s1. The number of hydrogen-bond acceptors (Lipinski definition) is 4. The number of ether oxygens (including phenoxy) is 1. The van der Waals surface area contributed by atoms with Crippen LogP contribution in [0.15, 0.2) is 60.9 Å². The summed E-state index contributed by atoms with van der Waals surface area (Å²) in [6, 6.07) is 15.6. The molecule has 1 aliphatic heterocycles. The normalized spacial score (nSPS) is 16.6. The number of carbonyl (C=O) groups excluding carboxylic acids is 1. The van der Waals surface area contributed by atoms with Gasteiger partial charge in [0.25, 0.3) is 5.91 Å². The minimum atomic E-state index is 0.0255. The number of likely N-dealkylation sites (tertiary alicyclic amines) is 1. The number of para-hydroxylation sites is 1. The maximum atomic E-state index is 12.7. The molecule has 1 amide bonds. The van der Waals surface area contributed by atoms with Gasteiger partial charge >= 0.3 is 0 Å². The zero-order valence-electron chi connectivity index (χ0n) is 16.7. The fraction of sp³-hybridized carbons (Fsp3) is 0.348. The molecule has 0 unspecified atom stereocenters. The van der Waals surface area contributed by atoms with Crippen molar-refractivity contribution in [2.24, 2.45) is 0 Å². The average molecular weight is 390 g/mol. The van der Waals surface area contributed by atoms with E-state index in [-0.39, 0.29) is 18.4 Å². The predicted octanol–water partition coefficient (Wildman–Crippen LogP) is 3.61. The number of piperidine rings is 1. The molecule has 1 atom stereocenters. The van der Waals surface area contributed by atoms with E-state index in [4.69, 9.17) is 9.72 Å². The van der Waals surface area contributed by atoms with Crippen molar-refractivity contribution in [2.75, 3.05) is 19.7 Å². The van der Waals surface area contributed by atoms with Gasteiger partial charge in [0, 0.05) is 43.5 Å². The largest absolute Gasteiger partial charge is 0.484 e. The number of pyridine rings is 1. The SMILES string of the molecule is CCc1nccn1-c1cccc([C@H]2CCCN(C(=O)COc3ccccc3)C2)n1. The number of hydrogen-bond donors (Lipinski definition) is 0. The minimum Gasteiger partial charge on any atom is -0.484 e. The number of amides is 1. The van der Waals surface area contributed by atoms with E-state index < -0.39 is 0 Å². The maximum absolute atomic E-state index is 12.7. The van der Waals surface area contributed by atoms with E-state index in [2.05, 4.69) is 18.0 Å². The Bertz CT molecular complexity index is 954. The molecule has 1 saturated heterocycles. The highest BCUT2D eigenvalue weighted by molar-refractivity contribution is 5.78. The van der Waals surface area contributed by atoms with Crippen molar-refractivity contribution >= 4 is 5.91 Å². The van der Waals surface area contributed by atoms with Crippen LogP contribution in [0.25, 0.3) is 5.82 Å². The van der Waals surface area contributed by atoms with Crippen LogP contribution >= 0.6 is 0 Å². The average Bonchev–Trinajstić information content (AvgIpc) is 3.27. The minimum absolute atomic E-state index is 0.0255. The number of benzene rings is 1. The van der Waals surface area contributed by atoms with Gasteiger partial charge in [0.15, 0.2) is 6.61 Å². The first-order chi connectivity index (χ1) is 14.2. The zero-order valence-corrected chi connectivity index (χ0v) is 16.7. The second kappa shape index (κ2) is 8.90. The predicted molar refractivity (Wildman–Crippen MR) is 111 cm³/mol. The molecule has 0 radical (unpaired) electrons. The molecular weight excluding hydrogens is 364 g/mol. The van der Waals surface area contributed by atoms with Crippen LogP contribution < -0.4 is 4.74 Å². The van der Waals surface area contributed by atoms with E-state index in [9.17, 15) is 4.79 Å². The Labute approximate surface area is 171 Å². The van der Waals surface area contributed by atoms with Gasteiger partial charge in [-0.25, -0.2) is 9.97 Å². The van der Waals surface area contributed by atoms with Crippen LogP contribution in [-0.4, -0.2) is 45.0 Å². The number of rotatable bonds is 6. The van der Waals surface area contributed by atoms with E-state index in [0.29, 0.717) is 6.54 Å². The number of imidazole rings is 1. The molecular formula is C23H26N4O2. The van der Waals surface area contributed by atoms with Gasteiger partial charge in [-0.15, -0.1) is 0 Å². The summed E-state index contributed by atoms with van der Waals surface area (Å²) in [5.74, 6) is 2.85. The molecule has 1 fully saturated rings.